The molecule has 0 aromatic rings. The number of carbonyl (C=O) groups is 2. The van der Waals surface area contributed by atoms with Gasteiger partial charge in [0.05, 0.1) is 27.7 Å². The second-order valence-corrected chi connectivity index (χ2v) is 24.2. The van der Waals surface area contributed by atoms with Gasteiger partial charge in [-0.05, 0) is 109 Å². The highest BCUT2D eigenvalue weighted by Gasteiger charge is 2.27. The fourth-order valence-electron chi connectivity index (χ4n) is 8.69. The van der Waals surface area contributed by atoms with E-state index in [0.717, 1.165) is 103 Å². The van der Waals surface area contributed by atoms with Crippen LogP contribution in [-0.2, 0) is 32.7 Å². The fourth-order valence-corrected chi connectivity index (χ4v) is 9.44. The van der Waals surface area contributed by atoms with Crippen molar-refractivity contribution in [2.24, 2.45) is 0 Å². The molecule has 10 heteroatoms. The van der Waals surface area contributed by atoms with Gasteiger partial charge in [-0.1, -0.05) is 270 Å². The molecule has 0 aromatic carbocycles. The van der Waals surface area contributed by atoms with E-state index in [1.165, 1.54) is 122 Å². The molecule has 1 N–H and O–H groups in total. The zero-order valence-electron chi connectivity index (χ0n) is 53.2. The van der Waals surface area contributed by atoms with Crippen LogP contribution >= 0.6 is 7.82 Å². The molecule has 0 saturated carbocycles. The Hall–Kier alpha value is -3.85. The van der Waals surface area contributed by atoms with Gasteiger partial charge in [0.2, 0.25) is 0 Å². The van der Waals surface area contributed by atoms with Gasteiger partial charge in [-0.25, -0.2) is 4.57 Å². The highest BCUT2D eigenvalue weighted by molar-refractivity contribution is 7.47. The average Bonchev–Trinajstić information content (AvgIpc) is 3.46. The summed E-state index contributed by atoms with van der Waals surface area (Å²) < 4.78 is 34.6. The van der Waals surface area contributed by atoms with E-state index >= 15 is 0 Å². The molecule has 0 bridgehead atoms. The van der Waals surface area contributed by atoms with E-state index in [1.807, 2.05) is 21.1 Å². The maximum Gasteiger partial charge on any atom is 0.472 e. The first-order valence-corrected chi connectivity index (χ1v) is 34.4. The van der Waals surface area contributed by atoms with E-state index in [-0.39, 0.29) is 32.0 Å². The third-order valence-corrected chi connectivity index (χ3v) is 14.7. The maximum absolute atomic E-state index is 12.8. The lowest BCUT2D eigenvalue weighted by molar-refractivity contribution is -0.870. The first-order valence-electron chi connectivity index (χ1n) is 32.9. The Morgan fingerprint density at radius 2 is 0.659 bits per heavy atom. The monoisotopic (exact) mass is 1160 g/mol. The van der Waals surface area contributed by atoms with Crippen molar-refractivity contribution in [3.63, 3.8) is 0 Å². The molecule has 0 amide bonds. The lowest BCUT2D eigenvalue weighted by atomic mass is 10.0. The molecule has 0 saturated heterocycles. The minimum absolute atomic E-state index is 0.0178. The van der Waals surface area contributed by atoms with E-state index in [4.69, 9.17) is 18.5 Å². The number of esters is 2. The zero-order valence-corrected chi connectivity index (χ0v) is 54.1. The number of hydrogen-bond acceptors (Lipinski definition) is 7. The number of allylic oxidation sites excluding steroid dienone is 22. The SMILES string of the molecule is CC/C=C\C/C=C\C/C=C\C/C=C\C/C=C\C/C=C\CCCCC(=O)OC(COC(=O)CCCCCCCCCCCCCCCCCCCCCCC/C=C\C/C=C\C/C=C\C/C=C\C/C=C\CC)COP(=O)(O)OCC[N+](C)(C)C. The molecular formula is C72H123NO8P+. The quantitative estimate of drug-likeness (QED) is 0.0211. The second-order valence-electron chi connectivity index (χ2n) is 22.7. The Kier molecular flexibility index (Phi) is 58.8. The van der Waals surface area contributed by atoms with Crippen molar-refractivity contribution >= 4 is 19.8 Å². The van der Waals surface area contributed by atoms with Crippen molar-refractivity contribution in [2.45, 2.75) is 264 Å². The number of ether oxygens (including phenoxy) is 2. The lowest BCUT2D eigenvalue weighted by Crippen LogP contribution is -2.37. The summed E-state index contributed by atoms with van der Waals surface area (Å²) in [6.45, 7) is 4.16. The molecule has 9 nitrogen and oxygen atoms in total. The maximum atomic E-state index is 12.8. The Morgan fingerprint density at radius 3 is 1.00 bits per heavy atom. The smallest absolute Gasteiger partial charge is 0.462 e. The first kappa shape index (κ1) is 78.1. The van der Waals surface area contributed by atoms with Gasteiger partial charge in [0.25, 0.3) is 0 Å². The van der Waals surface area contributed by atoms with Crippen LogP contribution in [0.25, 0.3) is 0 Å². The van der Waals surface area contributed by atoms with Crippen molar-refractivity contribution in [3.05, 3.63) is 134 Å². The van der Waals surface area contributed by atoms with Gasteiger partial charge in [0, 0.05) is 12.8 Å². The van der Waals surface area contributed by atoms with Crippen LogP contribution in [0.2, 0.25) is 0 Å². The molecule has 0 aliphatic carbocycles. The molecule has 0 aliphatic heterocycles. The molecule has 0 aliphatic rings. The molecule has 0 heterocycles. The third kappa shape index (κ3) is 65.3. The summed E-state index contributed by atoms with van der Waals surface area (Å²) in [5, 5.41) is 0. The van der Waals surface area contributed by atoms with E-state index < -0.39 is 26.5 Å². The van der Waals surface area contributed by atoms with E-state index in [2.05, 4.69) is 148 Å². The van der Waals surface area contributed by atoms with Crippen molar-refractivity contribution < 1.29 is 42.1 Å². The van der Waals surface area contributed by atoms with Crippen molar-refractivity contribution in [2.75, 3.05) is 47.5 Å². The highest BCUT2D eigenvalue weighted by Crippen LogP contribution is 2.43. The first-order chi connectivity index (χ1) is 40.0. The van der Waals surface area contributed by atoms with Crippen LogP contribution in [0.1, 0.15) is 258 Å². The predicted molar refractivity (Wildman–Crippen MR) is 353 cm³/mol. The van der Waals surface area contributed by atoms with Gasteiger partial charge in [-0.3, -0.25) is 18.6 Å². The summed E-state index contributed by atoms with van der Waals surface area (Å²) in [4.78, 5) is 35.8. The highest BCUT2D eigenvalue weighted by atomic mass is 31.2. The number of phosphoric ester groups is 1. The van der Waals surface area contributed by atoms with Gasteiger partial charge >= 0.3 is 19.8 Å². The molecule has 0 radical (unpaired) electrons. The van der Waals surface area contributed by atoms with Crippen LogP contribution in [0.15, 0.2) is 134 Å². The number of hydrogen-bond donors (Lipinski definition) is 1. The van der Waals surface area contributed by atoms with Gasteiger partial charge in [0.1, 0.15) is 19.8 Å². The second kappa shape index (κ2) is 61.7. The van der Waals surface area contributed by atoms with Gasteiger partial charge in [-0.2, -0.15) is 0 Å². The summed E-state index contributed by atoms with van der Waals surface area (Å²) >= 11 is 0. The molecular weight excluding hydrogens is 1040 g/mol. The molecule has 2 atom stereocenters. The number of quaternary nitrogens is 1. The average molecular weight is 1160 g/mol. The van der Waals surface area contributed by atoms with Crippen LogP contribution in [0.4, 0.5) is 0 Å². The van der Waals surface area contributed by atoms with Crippen LogP contribution in [0, 0.1) is 0 Å². The number of carbonyl (C=O) groups excluding carboxylic acids is 2. The minimum atomic E-state index is -4.41. The Balaban J connectivity index is 4.05. The van der Waals surface area contributed by atoms with Crippen LogP contribution in [0.3, 0.4) is 0 Å². The summed E-state index contributed by atoms with van der Waals surface area (Å²) in [5.41, 5.74) is 0. The number of likely N-dealkylation sites (N-methyl/N-ethyl adjacent to an activating group) is 1. The molecule has 2 unspecified atom stereocenters. The predicted octanol–water partition coefficient (Wildman–Crippen LogP) is 21.3. The van der Waals surface area contributed by atoms with Crippen molar-refractivity contribution in [3.8, 4) is 0 Å². The van der Waals surface area contributed by atoms with Crippen LogP contribution in [0.5, 0.6) is 0 Å². The van der Waals surface area contributed by atoms with Crippen molar-refractivity contribution in [1.82, 2.24) is 0 Å². The standard InChI is InChI=1S/C72H122NO8P/c1-6-8-10-12-14-16-18-20-22-24-26-28-29-30-31-32-33-34-35-36-37-38-39-40-41-42-43-45-46-48-50-52-54-56-58-60-62-64-71(74)78-68-70(69-80-82(76,77)79-67-66-73(3,4)5)81-72(75)65-63-61-59-57-55-53-51-49-47-44-27-25-23-21-19-17-15-13-11-9-7-2/h8-11,14-17,20-23,26-28,30-31,44,49,51,55,57,70H,6-7,12-13,18-19,24-25,29,32-43,45-48,50,52-54,56,58-69H2,1-5H3/p+1/b10-8-,11-9-,16-14-,17-15-,22-20-,23-21-,28-26-,31-30-,44-27-,51-49-,57-55-. The third-order valence-electron chi connectivity index (χ3n) is 13.7. The Morgan fingerprint density at radius 1 is 0.378 bits per heavy atom. The van der Waals surface area contributed by atoms with Gasteiger partial charge < -0.3 is 18.9 Å². The summed E-state index contributed by atoms with van der Waals surface area (Å²) in [5.74, 6) is -0.849. The van der Waals surface area contributed by atoms with E-state index in [0.29, 0.717) is 17.4 Å². The fraction of sp³-hybridized carbons (Fsp3) is 0.667. The molecule has 0 fully saturated rings. The van der Waals surface area contributed by atoms with Gasteiger partial charge in [0.15, 0.2) is 6.10 Å². The van der Waals surface area contributed by atoms with Crippen LogP contribution < -0.4 is 0 Å². The van der Waals surface area contributed by atoms with Crippen LogP contribution in [-0.4, -0.2) is 74.9 Å². The lowest BCUT2D eigenvalue weighted by Gasteiger charge is -2.24. The Bertz CT molecular complexity index is 1850. The van der Waals surface area contributed by atoms with E-state index in [9.17, 15) is 19.0 Å². The van der Waals surface area contributed by atoms with E-state index in [1.54, 1.807) is 0 Å². The normalized spacial score (nSPS) is 14.1. The topological polar surface area (TPSA) is 108 Å². The number of unbranched alkanes of at least 4 members (excludes halogenated alkanes) is 23. The Labute approximate surface area is 504 Å². The minimum Gasteiger partial charge on any atom is -0.462 e. The molecule has 82 heavy (non-hydrogen) atoms. The van der Waals surface area contributed by atoms with Crippen molar-refractivity contribution in [1.29, 1.82) is 0 Å². The number of rotatable bonds is 59. The summed E-state index contributed by atoms with van der Waals surface area (Å²) in [7, 11) is 1.44. The number of phosphoric acid groups is 1. The molecule has 0 aromatic heterocycles. The molecule has 0 rings (SSSR count). The molecule has 0 spiro atoms. The van der Waals surface area contributed by atoms with Gasteiger partial charge in [-0.15, -0.1) is 0 Å². The zero-order chi connectivity index (χ0) is 59.8. The summed E-state index contributed by atoms with van der Waals surface area (Å²) in [6, 6.07) is 0. The number of nitrogens with zero attached hydrogens (tertiary/aromatic N) is 1. The summed E-state index contributed by atoms with van der Waals surface area (Å²) in [6.07, 6.45) is 89.9. The largest absolute Gasteiger partial charge is 0.472 e. The molecule has 468 valence electrons.